The number of carboxylic acids is 1. The molecule has 27 heavy (non-hydrogen) atoms. The first kappa shape index (κ1) is 18.8. The molecule has 1 aromatic carbocycles. The first-order valence-corrected chi connectivity index (χ1v) is 9.06. The van der Waals surface area contributed by atoms with E-state index >= 15 is 0 Å². The van der Waals surface area contributed by atoms with E-state index in [0.29, 0.717) is 10.9 Å². The summed E-state index contributed by atoms with van der Waals surface area (Å²) in [6.45, 7) is 5.22. The number of aromatic carboxylic acids is 1. The Labute approximate surface area is 159 Å². The Kier molecular flexibility index (Phi) is 5.08. The van der Waals surface area contributed by atoms with Crippen LogP contribution in [0.4, 0.5) is 10.8 Å². The first-order valence-electron chi connectivity index (χ1n) is 8.25. The summed E-state index contributed by atoms with van der Waals surface area (Å²) in [5.74, 6) is -1.49. The Morgan fingerprint density at radius 2 is 2.11 bits per heavy atom. The number of aromatic nitrogens is 2. The number of nitrogens with zero attached hydrogens (tertiary/aromatic N) is 3. The van der Waals surface area contributed by atoms with Gasteiger partial charge in [-0.1, -0.05) is 25.2 Å². The largest absolute Gasteiger partial charge is 0.479 e. The van der Waals surface area contributed by atoms with Crippen LogP contribution >= 0.6 is 11.3 Å². The lowest BCUT2D eigenvalue weighted by molar-refractivity contribution is -0.127. The van der Waals surface area contributed by atoms with Gasteiger partial charge in [-0.15, -0.1) is 10.2 Å². The lowest BCUT2D eigenvalue weighted by atomic mass is 10.1. The molecule has 1 aliphatic heterocycles. The molecule has 0 saturated heterocycles. The highest BCUT2D eigenvalue weighted by atomic mass is 32.1. The number of benzene rings is 1. The molecule has 0 saturated carbocycles. The van der Waals surface area contributed by atoms with Crippen molar-refractivity contribution in [2.75, 3.05) is 16.8 Å². The van der Waals surface area contributed by atoms with E-state index in [-0.39, 0.29) is 23.7 Å². The number of ether oxygens (including phenoxy) is 1. The van der Waals surface area contributed by atoms with Crippen molar-refractivity contribution in [2.24, 2.45) is 0 Å². The molecule has 10 heteroatoms. The van der Waals surface area contributed by atoms with Crippen LogP contribution in [0, 0.1) is 0 Å². The van der Waals surface area contributed by atoms with E-state index in [0.717, 1.165) is 5.01 Å². The summed E-state index contributed by atoms with van der Waals surface area (Å²) in [7, 11) is 0. The molecule has 2 N–H and O–H groups in total. The quantitative estimate of drug-likeness (QED) is 0.802. The molecule has 1 aliphatic rings. The van der Waals surface area contributed by atoms with Gasteiger partial charge in [-0.05, 0) is 25.1 Å². The highest BCUT2D eigenvalue weighted by molar-refractivity contribution is 7.15. The minimum absolute atomic E-state index is 0.00388. The van der Waals surface area contributed by atoms with Crippen LogP contribution in [0.3, 0.4) is 0 Å². The van der Waals surface area contributed by atoms with Crippen LogP contribution in [0.15, 0.2) is 18.2 Å². The average molecular weight is 390 g/mol. The number of hydrogen-bond donors (Lipinski definition) is 2. The Morgan fingerprint density at radius 3 is 2.74 bits per heavy atom. The van der Waals surface area contributed by atoms with Gasteiger partial charge in [-0.2, -0.15) is 0 Å². The second-order valence-electron chi connectivity index (χ2n) is 6.32. The predicted molar refractivity (Wildman–Crippen MR) is 98.5 cm³/mol. The Bertz CT molecular complexity index is 910. The van der Waals surface area contributed by atoms with E-state index in [1.165, 1.54) is 34.4 Å². The summed E-state index contributed by atoms with van der Waals surface area (Å²) in [6, 6.07) is 4.18. The highest BCUT2D eigenvalue weighted by Crippen LogP contribution is 2.35. The number of carbonyl (C=O) groups excluding carboxylic acids is 2. The maximum atomic E-state index is 12.5. The van der Waals surface area contributed by atoms with Crippen molar-refractivity contribution in [3.05, 3.63) is 28.8 Å². The number of fused-ring (bicyclic) bond motifs is 1. The molecule has 1 unspecified atom stereocenters. The highest BCUT2D eigenvalue weighted by Gasteiger charge is 2.33. The van der Waals surface area contributed by atoms with Crippen LogP contribution in [0.2, 0.25) is 0 Å². The van der Waals surface area contributed by atoms with Crippen molar-refractivity contribution in [3.63, 3.8) is 0 Å². The van der Waals surface area contributed by atoms with Gasteiger partial charge in [0.05, 0.1) is 11.3 Å². The number of hydrogen-bond acceptors (Lipinski definition) is 7. The van der Waals surface area contributed by atoms with Crippen molar-refractivity contribution in [1.29, 1.82) is 0 Å². The van der Waals surface area contributed by atoms with Gasteiger partial charge >= 0.3 is 5.97 Å². The van der Waals surface area contributed by atoms with E-state index in [2.05, 4.69) is 15.5 Å². The zero-order valence-electron chi connectivity index (χ0n) is 14.9. The molecule has 142 valence electrons. The van der Waals surface area contributed by atoms with Crippen LogP contribution < -0.4 is 15.0 Å². The topological polar surface area (TPSA) is 122 Å². The van der Waals surface area contributed by atoms with Crippen molar-refractivity contribution >= 4 is 39.9 Å². The number of anilines is 2. The van der Waals surface area contributed by atoms with E-state index in [4.69, 9.17) is 4.74 Å². The summed E-state index contributed by atoms with van der Waals surface area (Å²) >= 11 is 1.26. The summed E-state index contributed by atoms with van der Waals surface area (Å²) in [5, 5.41) is 20.8. The van der Waals surface area contributed by atoms with Gasteiger partial charge in [-0.3, -0.25) is 19.8 Å². The second-order valence-corrected chi connectivity index (χ2v) is 7.33. The molecule has 3 rings (SSSR count). The number of nitrogens with one attached hydrogen (secondary N) is 1. The third kappa shape index (κ3) is 3.90. The summed E-state index contributed by atoms with van der Waals surface area (Å²) < 4.78 is 5.50. The Hall–Kier alpha value is -3.01. The van der Waals surface area contributed by atoms with Gasteiger partial charge in [0.15, 0.2) is 6.10 Å². The van der Waals surface area contributed by atoms with E-state index in [9.17, 15) is 19.5 Å². The normalized spacial score (nSPS) is 16.1. The summed E-state index contributed by atoms with van der Waals surface area (Å²) in [6.07, 6.45) is -0.782. The lowest BCUT2D eigenvalue weighted by Gasteiger charge is -2.32. The molecular formula is C17H18N4O5S. The average Bonchev–Trinajstić information content (AvgIpc) is 3.07. The molecule has 0 fully saturated rings. The van der Waals surface area contributed by atoms with Crippen LogP contribution in [0.5, 0.6) is 5.75 Å². The van der Waals surface area contributed by atoms with Crippen LogP contribution in [-0.4, -0.2) is 45.7 Å². The second kappa shape index (κ2) is 7.31. The van der Waals surface area contributed by atoms with Gasteiger partial charge in [0, 0.05) is 5.92 Å². The van der Waals surface area contributed by atoms with E-state index in [1.807, 2.05) is 13.8 Å². The smallest absolute Gasteiger partial charge is 0.335 e. The van der Waals surface area contributed by atoms with Crippen molar-refractivity contribution in [1.82, 2.24) is 10.2 Å². The third-order valence-electron chi connectivity index (χ3n) is 3.90. The predicted octanol–water partition coefficient (Wildman–Crippen LogP) is 2.11. The van der Waals surface area contributed by atoms with Gasteiger partial charge in [0.2, 0.25) is 11.0 Å². The molecule has 2 amide bonds. The summed E-state index contributed by atoms with van der Waals surface area (Å²) in [5.41, 5.74) is 0.240. The van der Waals surface area contributed by atoms with Gasteiger partial charge in [0.1, 0.15) is 17.3 Å². The van der Waals surface area contributed by atoms with Crippen molar-refractivity contribution < 1.29 is 24.2 Å². The Balaban J connectivity index is 1.82. The van der Waals surface area contributed by atoms with Crippen LogP contribution in [0.1, 0.15) is 42.1 Å². The number of carboxylic acid groups (broad SMARTS) is 1. The molecule has 2 heterocycles. The molecule has 0 aliphatic carbocycles. The van der Waals surface area contributed by atoms with E-state index in [1.54, 1.807) is 6.92 Å². The lowest BCUT2D eigenvalue weighted by Crippen LogP contribution is -2.47. The monoisotopic (exact) mass is 390 g/mol. The van der Waals surface area contributed by atoms with Crippen molar-refractivity contribution in [3.8, 4) is 5.75 Å². The molecule has 0 radical (unpaired) electrons. The number of carbonyl (C=O) groups is 3. The molecule has 2 aromatic rings. The van der Waals surface area contributed by atoms with Crippen LogP contribution in [0.25, 0.3) is 0 Å². The summed E-state index contributed by atoms with van der Waals surface area (Å²) in [4.78, 5) is 37.4. The van der Waals surface area contributed by atoms with Gasteiger partial charge in [-0.25, -0.2) is 4.79 Å². The molecule has 0 bridgehead atoms. The zero-order chi connectivity index (χ0) is 19.7. The van der Waals surface area contributed by atoms with Crippen molar-refractivity contribution in [2.45, 2.75) is 32.8 Å². The zero-order valence-corrected chi connectivity index (χ0v) is 15.7. The molecular weight excluding hydrogens is 372 g/mol. The molecule has 9 nitrogen and oxygen atoms in total. The van der Waals surface area contributed by atoms with Crippen LogP contribution in [-0.2, 0) is 9.59 Å². The number of rotatable bonds is 5. The fourth-order valence-corrected chi connectivity index (χ4v) is 3.29. The SMILES string of the molecule is CC1Oc2ccc(C(=O)O)cc2N(CC(=O)Nc2nnc(C(C)C)s2)C1=O. The third-order valence-corrected chi connectivity index (χ3v) is 5.04. The van der Waals surface area contributed by atoms with Gasteiger partial charge < -0.3 is 9.84 Å². The Morgan fingerprint density at radius 1 is 1.37 bits per heavy atom. The fraction of sp³-hybridized carbons (Fsp3) is 0.353. The van der Waals surface area contributed by atoms with E-state index < -0.39 is 23.9 Å². The minimum Gasteiger partial charge on any atom is -0.479 e. The first-order chi connectivity index (χ1) is 12.8. The van der Waals surface area contributed by atoms with Gasteiger partial charge in [0.25, 0.3) is 5.91 Å². The number of amides is 2. The maximum Gasteiger partial charge on any atom is 0.335 e. The molecule has 0 spiro atoms. The molecule has 1 atom stereocenters. The minimum atomic E-state index is -1.14. The molecule has 1 aromatic heterocycles. The standard InChI is InChI=1S/C17H18N4O5S/c1-8(2)14-19-20-17(27-14)18-13(22)7-21-11-6-10(16(24)25)4-5-12(11)26-9(3)15(21)23/h4-6,8-9H,7H2,1-3H3,(H,24,25)(H,18,20,22). The maximum absolute atomic E-state index is 12.5. The fourth-order valence-electron chi connectivity index (χ4n) is 2.52.